The number of fused-ring (bicyclic) bond motifs is 1. The van der Waals surface area contributed by atoms with E-state index in [4.69, 9.17) is 9.72 Å². The highest BCUT2D eigenvalue weighted by Crippen LogP contribution is 2.32. The monoisotopic (exact) mass is 343 g/mol. The summed E-state index contributed by atoms with van der Waals surface area (Å²) in [4.78, 5) is 11.3. The summed E-state index contributed by atoms with van der Waals surface area (Å²) in [5.41, 5.74) is 3.15. The zero-order chi connectivity index (χ0) is 16.5. The molecule has 4 heterocycles. The van der Waals surface area contributed by atoms with Crippen LogP contribution in [0.1, 0.15) is 24.1 Å². The van der Waals surface area contributed by atoms with Crippen molar-refractivity contribution < 1.29 is 4.74 Å². The Balaban J connectivity index is 1.44. The summed E-state index contributed by atoms with van der Waals surface area (Å²) < 4.78 is 9.15. The molecule has 1 saturated heterocycles. The molecule has 1 unspecified atom stereocenters. The van der Waals surface area contributed by atoms with Gasteiger partial charge in [0.1, 0.15) is 0 Å². The molecule has 6 nitrogen and oxygen atoms in total. The minimum Gasteiger partial charge on any atom is -0.372 e. The Hall–Kier alpha value is -1.99. The van der Waals surface area contributed by atoms with E-state index in [1.165, 1.54) is 4.70 Å². The zero-order valence-electron chi connectivity index (χ0n) is 14.0. The molecular weight excluding hydrogens is 322 g/mol. The first-order chi connectivity index (χ1) is 11.7. The maximum absolute atomic E-state index is 6.10. The van der Waals surface area contributed by atoms with Crippen molar-refractivity contribution in [2.75, 3.05) is 18.0 Å². The van der Waals surface area contributed by atoms with Gasteiger partial charge in [-0.15, -0.1) is 0 Å². The average Bonchev–Trinajstić information content (AvgIpc) is 3.16. The summed E-state index contributed by atoms with van der Waals surface area (Å²) in [6.45, 7) is 4.60. The number of aryl methyl sites for hydroxylation is 2. The van der Waals surface area contributed by atoms with E-state index in [0.717, 1.165) is 48.0 Å². The van der Waals surface area contributed by atoms with Crippen molar-refractivity contribution in [2.45, 2.75) is 32.5 Å². The van der Waals surface area contributed by atoms with Crippen LogP contribution in [0.5, 0.6) is 0 Å². The molecule has 126 valence electrons. The molecule has 0 N–H and O–H groups in total. The molecule has 7 heteroatoms. The standard InChI is InChI=1S/C17H21N5OS/c1-12-15-16(21(2)20-12)19-17(24-15)22-8-4-6-14(10-22)23-11-13-5-3-7-18-9-13/h3,5,7,9,14H,4,6,8,10-11H2,1-2H3. The van der Waals surface area contributed by atoms with Gasteiger partial charge in [-0.2, -0.15) is 5.10 Å². The van der Waals surface area contributed by atoms with Crippen molar-refractivity contribution in [3.8, 4) is 0 Å². The molecule has 0 radical (unpaired) electrons. The fourth-order valence-electron chi connectivity index (χ4n) is 3.15. The number of thiazole rings is 1. The highest BCUT2D eigenvalue weighted by molar-refractivity contribution is 7.22. The van der Waals surface area contributed by atoms with E-state index < -0.39 is 0 Å². The molecule has 0 aromatic carbocycles. The van der Waals surface area contributed by atoms with Gasteiger partial charge >= 0.3 is 0 Å². The van der Waals surface area contributed by atoms with Gasteiger partial charge in [0.15, 0.2) is 10.8 Å². The molecule has 4 rings (SSSR count). The van der Waals surface area contributed by atoms with Crippen LogP contribution in [0.25, 0.3) is 10.3 Å². The first kappa shape index (κ1) is 15.5. The number of nitrogens with zero attached hydrogens (tertiary/aromatic N) is 5. The van der Waals surface area contributed by atoms with Crippen LogP contribution < -0.4 is 4.90 Å². The van der Waals surface area contributed by atoms with Gasteiger partial charge in [-0.3, -0.25) is 4.98 Å². The quantitative estimate of drug-likeness (QED) is 0.729. The molecule has 3 aromatic heterocycles. The van der Waals surface area contributed by atoms with E-state index in [-0.39, 0.29) is 6.10 Å². The molecule has 0 amide bonds. The van der Waals surface area contributed by atoms with Gasteiger partial charge < -0.3 is 9.64 Å². The number of rotatable bonds is 4. The number of ether oxygens (including phenoxy) is 1. The van der Waals surface area contributed by atoms with Crippen molar-refractivity contribution in [1.82, 2.24) is 19.7 Å². The molecule has 3 aromatic rings. The maximum Gasteiger partial charge on any atom is 0.188 e. The summed E-state index contributed by atoms with van der Waals surface area (Å²) >= 11 is 1.73. The molecule has 1 aliphatic rings. The number of pyridine rings is 1. The summed E-state index contributed by atoms with van der Waals surface area (Å²) in [6.07, 6.45) is 6.12. The smallest absolute Gasteiger partial charge is 0.188 e. The number of hydrogen-bond acceptors (Lipinski definition) is 6. The summed E-state index contributed by atoms with van der Waals surface area (Å²) in [5.74, 6) is 0. The molecular formula is C17H21N5OS. The molecule has 0 saturated carbocycles. The van der Waals surface area contributed by atoms with Crippen LogP contribution in [0.3, 0.4) is 0 Å². The second kappa shape index (κ2) is 6.49. The summed E-state index contributed by atoms with van der Waals surface area (Å²) in [5, 5.41) is 5.51. The molecule has 0 spiro atoms. The van der Waals surface area contributed by atoms with Crippen LogP contribution in [0.15, 0.2) is 24.5 Å². The average molecular weight is 343 g/mol. The summed E-state index contributed by atoms with van der Waals surface area (Å²) in [6, 6.07) is 4.00. The highest BCUT2D eigenvalue weighted by atomic mass is 32.1. The van der Waals surface area contributed by atoms with Gasteiger partial charge in [0.2, 0.25) is 0 Å². The maximum atomic E-state index is 6.10. The molecule has 24 heavy (non-hydrogen) atoms. The lowest BCUT2D eigenvalue weighted by Crippen LogP contribution is -2.39. The number of aromatic nitrogens is 4. The predicted molar refractivity (Wildman–Crippen MR) is 95.4 cm³/mol. The van der Waals surface area contributed by atoms with Gasteiger partial charge in [-0.1, -0.05) is 17.4 Å². The predicted octanol–water partition coefficient (Wildman–Crippen LogP) is 2.92. The second-order valence-electron chi connectivity index (χ2n) is 6.24. The number of piperidine rings is 1. The Labute approximate surface area is 145 Å². The minimum atomic E-state index is 0.241. The molecule has 0 aliphatic carbocycles. The Morgan fingerprint density at radius 1 is 1.42 bits per heavy atom. The van der Waals surface area contributed by atoms with Gasteiger partial charge in [-0.05, 0) is 31.4 Å². The SMILES string of the molecule is Cc1nn(C)c2nc(N3CCCC(OCc4cccnc4)C3)sc12. The molecule has 1 fully saturated rings. The Morgan fingerprint density at radius 3 is 3.12 bits per heavy atom. The fraction of sp³-hybridized carbons (Fsp3) is 0.471. The zero-order valence-corrected chi connectivity index (χ0v) is 14.8. The lowest BCUT2D eigenvalue weighted by molar-refractivity contribution is 0.0314. The topological polar surface area (TPSA) is 56.1 Å². The van der Waals surface area contributed by atoms with Crippen LogP contribution in [0.4, 0.5) is 5.13 Å². The van der Waals surface area contributed by atoms with Gasteiger partial charge in [0.05, 0.1) is 23.1 Å². The van der Waals surface area contributed by atoms with Crippen molar-refractivity contribution >= 4 is 26.8 Å². The van der Waals surface area contributed by atoms with Gasteiger partial charge in [-0.25, -0.2) is 9.67 Å². The van der Waals surface area contributed by atoms with Gasteiger partial charge in [0, 0.05) is 32.5 Å². The van der Waals surface area contributed by atoms with E-state index in [1.807, 2.05) is 30.9 Å². The lowest BCUT2D eigenvalue weighted by Gasteiger charge is -2.32. The highest BCUT2D eigenvalue weighted by Gasteiger charge is 2.24. The third-order valence-corrected chi connectivity index (χ3v) is 5.60. The third-order valence-electron chi connectivity index (χ3n) is 4.39. The van der Waals surface area contributed by atoms with Crippen molar-refractivity contribution in [1.29, 1.82) is 0 Å². The molecule has 0 bridgehead atoms. The van der Waals surface area contributed by atoms with E-state index in [0.29, 0.717) is 6.61 Å². The van der Waals surface area contributed by atoms with Crippen LogP contribution in [0.2, 0.25) is 0 Å². The van der Waals surface area contributed by atoms with Crippen molar-refractivity contribution in [3.05, 3.63) is 35.8 Å². The van der Waals surface area contributed by atoms with Crippen LogP contribution >= 0.6 is 11.3 Å². The van der Waals surface area contributed by atoms with Crippen molar-refractivity contribution in [2.24, 2.45) is 7.05 Å². The Morgan fingerprint density at radius 2 is 2.33 bits per heavy atom. The first-order valence-corrected chi connectivity index (χ1v) is 9.08. The number of hydrogen-bond donors (Lipinski definition) is 0. The largest absolute Gasteiger partial charge is 0.372 e. The minimum absolute atomic E-state index is 0.241. The van der Waals surface area contributed by atoms with E-state index in [9.17, 15) is 0 Å². The van der Waals surface area contributed by atoms with E-state index in [1.54, 1.807) is 17.5 Å². The second-order valence-corrected chi connectivity index (χ2v) is 7.22. The number of anilines is 1. The fourth-order valence-corrected chi connectivity index (χ4v) is 4.22. The third kappa shape index (κ3) is 3.01. The van der Waals surface area contributed by atoms with Crippen LogP contribution in [0, 0.1) is 6.92 Å². The molecule has 1 atom stereocenters. The van der Waals surface area contributed by atoms with E-state index >= 15 is 0 Å². The van der Waals surface area contributed by atoms with Crippen LogP contribution in [-0.2, 0) is 18.4 Å². The normalized spacial score (nSPS) is 18.4. The van der Waals surface area contributed by atoms with Crippen molar-refractivity contribution in [3.63, 3.8) is 0 Å². The van der Waals surface area contributed by atoms with Crippen LogP contribution in [-0.4, -0.2) is 38.9 Å². The lowest BCUT2D eigenvalue weighted by atomic mass is 10.1. The Bertz CT molecular complexity index is 794. The summed E-state index contributed by atoms with van der Waals surface area (Å²) in [7, 11) is 1.95. The first-order valence-electron chi connectivity index (χ1n) is 8.26. The molecule has 1 aliphatic heterocycles. The van der Waals surface area contributed by atoms with E-state index in [2.05, 4.69) is 21.0 Å². The van der Waals surface area contributed by atoms with Gasteiger partial charge in [0.25, 0.3) is 0 Å². The Kier molecular flexibility index (Phi) is 4.20.